The van der Waals surface area contributed by atoms with Crippen LogP contribution in [0.25, 0.3) is 0 Å². The predicted molar refractivity (Wildman–Crippen MR) is 114 cm³/mol. The first-order valence-electron chi connectivity index (χ1n) is 9.66. The monoisotopic (exact) mass is 393 g/mol. The zero-order valence-corrected chi connectivity index (χ0v) is 16.5. The van der Waals surface area contributed by atoms with Crippen LogP contribution in [-0.4, -0.2) is 41.6 Å². The average Bonchev–Trinajstić information content (AvgIpc) is 3.27. The van der Waals surface area contributed by atoms with E-state index in [1.165, 1.54) is 5.56 Å². The first-order valence-corrected chi connectivity index (χ1v) is 10.0. The zero-order valence-electron chi connectivity index (χ0n) is 15.7. The maximum atomic E-state index is 13.4. The molecule has 4 rings (SSSR count). The lowest BCUT2D eigenvalue weighted by atomic mass is 10.0. The fourth-order valence-electron chi connectivity index (χ4n) is 3.78. The van der Waals surface area contributed by atoms with Gasteiger partial charge >= 0.3 is 0 Å². The quantitative estimate of drug-likeness (QED) is 0.647. The molecule has 1 aliphatic rings. The Morgan fingerprint density at radius 1 is 0.893 bits per heavy atom. The van der Waals surface area contributed by atoms with Crippen LogP contribution >= 0.6 is 11.6 Å². The van der Waals surface area contributed by atoms with Gasteiger partial charge in [0, 0.05) is 55.7 Å². The Kier molecular flexibility index (Phi) is 5.68. The van der Waals surface area contributed by atoms with Crippen molar-refractivity contribution in [1.82, 2.24) is 9.47 Å². The van der Waals surface area contributed by atoms with E-state index in [-0.39, 0.29) is 11.9 Å². The molecule has 28 heavy (non-hydrogen) atoms. The first-order chi connectivity index (χ1) is 13.7. The molecule has 0 unspecified atom stereocenters. The molecule has 0 radical (unpaired) electrons. The van der Waals surface area contributed by atoms with E-state index in [2.05, 4.69) is 23.1 Å². The molecule has 1 saturated heterocycles. The summed E-state index contributed by atoms with van der Waals surface area (Å²) in [7, 11) is 0. The molecule has 1 aliphatic heterocycles. The molecule has 1 atom stereocenters. The highest BCUT2D eigenvalue weighted by atomic mass is 35.5. The van der Waals surface area contributed by atoms with Crippen LogP contribution in [0.15, 0.2) is 79.1 Å². The average molecular weight is 394 g/mol. The van der Waals surface area contributed by atoms with Crippen molar-refractivity contribution in [2.45, 2.75) is 12.5 Å². The molecule has 0 bridgehead atoms. The predicted octanol–water partition coefficient (Wildman–Crippen LogP) is 4.27. The molecule has 3 aromatic rings. The topological polar surface area (TPSA) is 28.5 Å². The van der Waals surface area contributed by atoms with E-state index in [1.54, 1.807) is 0 Å². The van der Waals surface area contributed by atoms with Crippen LogP contribution in [0.2, 0.25) is 5.02 Å². The summed E-state index contributed by atoms with van der Waals surface area (Å²) in [6.07, 6.45) is 4.66. The minimum absolute atomic E-state index is 0.186. The van der Waals surface area contributed by atoms with E-state index in [1.807, 2.05) is 70.4 Å². The van der Waals surface area contributed by atoms with Crippen LogP contribution < -0.4 is 4.90 Å². The Morgan fingerprint density at radius 2 is 1.61 bits per heavy atom. The summed E-state index contributed by atoms with van der Waals surface area (Å²) in [5.41, 5.74) is 2.29. The van der Waals surface area contributed by atoms with E-state index < -0.39 is 0 Å². The Balaban J connectivity index is 1.46. The molecule has 1 amide bonds. The van der Waals surface area contributed by atoms with Gasteiger partial charge in [-0.05, 0) is 35.9 Å². The number of amides is 1. The smallest absolute Gasteiger partial charge is 0.246 e. The van der Waals surface area contributed by atoms with Gasteiger partial charge in [-0.15, -0.1) is 0 Å². The minimum Gasteiger partial charge on any atom is -0.368 e. The number of carbonyl (C=O) groups is 1. The van der Waals surface area contributed by atoms with Crippen molar-refractivity contribution in [2.24, 2.45) is 0 Å². The van der Waals surface area contributed by atoms with Crippen molar-refractivity contribution in [3.05, 3.63) is 89.7 Å². The third-order valence-corrected chi connectivity index (χ3v) is 5.54. The normalized spacial score (nSPS) is 15.5. The highest BCUT2D eigenvalue weighted by molar-refractivity contribution is 6.30. The number of hydrogen-bond donors (Lipinski definition) is 0. The maximum absolute atomic E-state index is 13.4. The number of piperazine rings is 1. The molecule has 4 nitrogen and oxygen atoms in total. The van der Waals surface area contributed by atoms with Crippen molar-refractivity contribution >= 4 is 23.2 Å². The molecule has 5 heteroatoms. The van der Waals surface area contributed by atoms with E-state index >= 15 is 0 Å². The van der Waals surface area contributed by atoms with Gasteiger partial charge in [-0.3, -0.25) is 4.79 Å². The fraction of sp³-hybridized carbons (Fsp3) is 0.261. The summed E-state index contributed by atoms with van der Waals surface area (Å²) in [4.78, 5) is 17.6. The Morgan fingerprint density at radius 3 is 2.29 bits per heavy atom. The molecule has 0 spiro atoms. The number of carbonyl (C=O) groups excluding carboxylic acids is 1. The highest BCUT2D eigenvalue weighted by Crippen LogP contribution is 2.23. The summed E-state index contributed by atoms with van der Waals surface area (Å²) in [5, 5.41) is 0.742. The van der Waals surface area contributed by atoms with E-state index in [0.29, 0.717) is 6.42 Å². The number of halogens is 1. The van der Waals surface area contributed by atoms with Crippen LogP contribution in [0.3, 0.4) is 0 Å². The van der Waals surface area contributed by atoms with Crippen LogP contribution in [0.5, 0.6) is 0 Å². The van der Waals surface area contributed by atoms with E-state index in [0.717, 1.165) is 36.9 Å². The number of anilines is 1. The van der Waals surface area contributed by atoms with Crippen molar-refractivity contribution < 1.29 is 4.79 Å². The fourth-order valence-corrected chi connectivity index (χ4v) is 3.97. The molecule has 2 aromatic carbocycles. The number of benzene rings is 2. The Labute approximate surface area is 170 Å². The molecular formula is C23H24ClN3O. The molecule has 2 heterocycles. The summed E-state index contributed by atoms with van der Waals surface area (Å²) < 4.78 is 2.03. The molecule has 0 aliphatic carbocycles. The summed E-state index contributed by atoms with van der Waals surface area (Å²) >= 11 is 6.12. The van der Waals surface area contributed by atoms with Crippen molar-refractivity contribution in [2.75, 3.05) is 31.1 Å². The highest BCUT2D eigenvalue weighted by Gasteiger charge is 2.28. The number of rotatable bonds is 5. The Hall–Kier alpha value is -2.72. The van der Waals surface area contributed by atoms with Gasteiger partial charge in [0.25, 0.3) is 0 Å². The van der Waals surface area contributed by atoms with Crippen LogP contribution in [0.4, 0.5) is 5.69 Å². The van der Waals surface area contributed by atoms with Crippen molar-refractivity contribution in [1.29, 1.82) is 0 Å². The largest absolute Gasteiger partial charge is 0.368 e. The summed E-state index contributed by atoms with van der Waals surface area (Å²) in [6.45, 7) is 3.07. The van der Waals surface area contributed by atoms with Gasteiger partial charge < -0.3 is 14.4 Å². The van der Waals surface area contributed by atoms with Gasteiger partial charge in [0.15, 0.2) is 0 Å². The number of hydrogen-bond acceptors (Lipinski definition) is 2. The van der Waals surface area contributed by atoms with Gasteiger partial charge in [0.1, 0.15) is 6.04 Å². The van der Waals surface area contributed by atoms with Gasteiger partial charge in [0.05, 0.1) is 0 Å². The second-order valence-corrected chi connectivity index (χ2v) is 7.56. The molecule has 0 N–H and O–H groups in total. The third kappa shape index (κ3) is 4.23. The second-order valence-electron chi connectivity index (χ2n) is 7.13. The van der Waals surface area contributed by atoms with E-state index in [4.69, 9.17) is 11.6 Å². The minimum atomic E-state index is -0.213. The van der Waals surface area contributed by atoms with Crippen molar-refractivity contribution in [3.63, 3.8) is 0 Å². The standard InChI is InChI=1S/C23H24ClN3O/c24-20-9-6-10-21(18-20)25-13-15-27(16-14-25)23(28)22(26-11-4-5-12-26)17-19-7-2-1-3-8-19/h1-12,18,22H,13-17H2/t22-/m1/s1. The molecular weight excluding hydrogens is 370 g/mol. The van der Waals surface area contributed by atoms with Gasteiger partial charge in [-0.2, -0.15) is 0 Å². The maximum Gasteiger partial charge on any atom is 0.246 e. The lowest BCUT2D eigenvalue weighted by molar-refractivity contribution is -0.135. The molecule has 1 aromatic heterocycles. The van der Waals surface area contributed by atoms with Gasteiger partial charge in [-0.1, -0.05) is 48.0 Å². The third-order valence-electron chi connectivity index (χ3n) is 5.31. The first kappa shape index (κ1) is 18.6. The van der Waals surface area contributed by atoms with Crippen LogP contribution in [0, 0.1) is 0 Å². The van der Waals surface area contributed by atoms with Crippen LogP contribution in [-0.2, 0) is 11.2 Å². The summed E-state index contributed by atoms with van der Waals surface area (Å²) in [6, 6.07) is 21.9. The SMILES string of the molecule is O=C([C@@H](Cc1ccccc1)n1cccc1)N1CCN(c2cccc(Cl)c2)CC1. The lowest BCUT2D eigenvalue weighted by Crippen LogP contribution is -2.50. The second kappa shape index (κ2) is 8.53. The summed E-state index contributed by atoms with van der Waals surface area (Å²) in [5.74, 6) is 0.186. The van der Waals surface area contributed by atoms with E-state index in [9.17, 15) is 4.79 Å². The zero-order chi connectivity index (χ0) is 19.3. The molecule has 0 saturated carbocycles. The number of aromatic nitrogens is 1. The molecule has 1 fully saturated rings. The van der Waals surface area contributed by atoms with Gasteiger partial charge in [-0.25, -0.2) is 0 Å². The van der Waals surface area contributed by atoms with Crippen molar-refractivity contribution in [3.8, 4) is 0 Å². The lowest BCUT2D eigenvalue weighted by Gasteiger charge is -2.38. The Bertz CT molecular complexity index is 903. The number of nitrogens with zero attached hydrogens (tertiary/aromatic N) is 3. The van der Waals surface area contributed by atoms with Crippen LogP contribution in [0.1, 0.15) is 11.6 Å². The van der Waals surface area contributed by atoms with Gasteiger partial charge in [0.2, 0.25) is 5.91 Å². The molecule has 144 valence electrons.